The van der Waals surface area contributed by atoms with E-state index in [4.69, 9.17) is 0 Å². The Balaban J connectivity index is 1.47. The molecule has 3 aromatic rings. The highest BCUT2D eigenvalue weighted by atomic mass is 32.2. The molecule has 0 radical (unpaired) electrons. The minimum atomic E-state index is -1.55. The average Bonchev–Trinajstić information content (AvgIpc) is 3.42. The molecule has 2 heterocycles. The molecule has 5 N–H and O–H groups in total. The van der Waals surface area contributed by atoms with Crippen LogP contribution < -0.4 is 5.32 Å². The van der Waals surface area contributed by atoms with E-state index < -0.39 is 42.1 Å². The Morgan fingerprint density at radius 1 is 1.06 bits per heavy atom. The first-order valence-electron chi connectivity index (χ1n) is 11.0. The number of aliphatic hydroxyl groups is 4. The van der Waals surface area contributed by atoms with Gasteiger partial charge in [0.25, 0.3) is 0 Å². The van der Waals surface area contributed by atoms with Gasteiger partial charge in [-0.05, 0) is 30.5 Å². The van der Waals surface area contributed by atoms with Crippen molar-refractivity contribution in [3.63, 3.8) is 0 Å². The van der Waals surface area contributed by atoms with Crippen molar-refractivity contribution in [3.05, 3.63) is 35.4 Å². The molecule has 1 unspecified atom stereocenters. The van der Waals surface area contributed by atoms with Gasteiger partial charge in [-0.15, -0.1) is 5.10 Å². The summed E-state index contributed by atoms with van der Waals surface area (Å²) >= 11 is 1.41. The first kappa shape index (κ1) is 23.3. The van der Waals surface area contributed by atoms with Crippen LogP contribution in [0, 0.1) is 11.6 Å². The standard InChI is InChI=1S/C21H24F2N6O4S/c1-2-5-34-21-25-19(24-12-7-9(12)8-3-4-10(22)11(23)6-8)13-20(26-21)29(28-27-13)14-15(30)17(32)18(33)16(14)31/h3-4,6,9,12,14-18,30-33H,2,5,7H2,1H3,(H,24,25,26)/t9-,12+,14?,15-,16+,17-,18-/m0/s1. The summed E-state index contributed by atoms with van der Waals surface area (Å²) in [5, 5.41) is 52.6. The molecule has 2 saturated carbocycles. The Hall–Kier alpha value is -2.45. The van der Waals surface area contributed by atoms with Gasteiger partial charge in [0.15, 0.2) is 33.8 Å². The number of aliphatic hydroxyl groups excluding tert-OH is 4. The van der Waals surface area contributed by atoms with Crippen LogP contribution in [0.4, 0.5) is 14.6 Å². The number of rotatable bonds is 7. The number of halogens is 2. The second kappa shape index (κ2) is 8.96. The van der Waals surface area contributed by atoms with Crippen LogP contribution in [0.15, 0.2) is 23.4 Å². The molecule has 13 heteroatoms. The van der Waals surface area contributed by atoms with Gasteiger partial charge in [0, 0.05) is 17.7 Å². The van der Waals surface area contributed by atoms with Crippen LogP contribution in [-0.4, -0.2) is 81.6 Å². The number of aromatic nitrogens is 5. The normalized spacial score (nSPS) is 30.7. The maximum absolute atomic E-state index is 13.7. The lowest BCUT2D eigenvalue weighted by Crippen LogP contribution is -2.32. The molecule has 182 valence electrons. The smallest absolute Gasteiger partial charge is 0.191 e. The molecule has 0 bridgehead atoms. The minimum Gasteiger partial charge on any atom is -0.388 e. The highest BCUT2D eigenvalue weighted by Crippen LogP contribution is 2.44. The van der Waals surface area contributed by atoms with Crippen molar-refractivity contribution >= 4 is 28.7 Å². The van der Waals surface area contributed by atoms with Crippen molar-refractivity contribution in [2.45, 2.75) is 67.3 Å². The molecule has 2 aliphatic rings. The van der Waals surface area contributed by atoms with Crippen LogP contribution in [0.3, 0.4) is 0 Å². The summed E-state index contributed by atoms with van der Waals surface area (Å²) in [6.07, 6.45) is -4.48. The number of thioether (sulfide) groups is 1. The van der Waals surface area contributed by atoms with Gasteiger partial charge in [0.05, 0.1) is 0 Å². The summed E-state index contributed by atoms with van der Waals surface area (Å²) in [4.78, 5) is 9.05. The molecular formula is C21H24F2N6O4S. The van der Waals surface area contributed by atoms with Crippen LogP contribution in [0.5, 0.6) is 0 Å². The van der Waals surface area contributed by atoms with Crippen molar-refractivity contribution < 1.29 is 29.2 Å². The molecule has 2 fully saturated rings. The van der Waals surface area contributed by atoms with Gasteiger partial charge in [-0.2, -0.15) is 0 Å². The monoisotopic (exact) mass is 494 g/mol. The lowest BCUT2D eigenvalue weighted by Gasteiger charge is -2.19. The second-order valence-electron chi connectivity index (χ2n) is 8.63. The fourth-order valence-electron chi connectivity index (χ4n) is 4.31. The molecule has 10 nitrogen and oxygen atoms in total. The summed E-state index contributed by atoms with van der Waals surface area (Å²) in [6.45, 7) is 2.02. The Kier molecular flexibility index (Phi) is 6.14. The van der Waals surface area contributed by atoms with E-state index in [0.717, 1.165) is 18.2 Å². The molecule has 0 aliphatic heterocycles. The number of hydrogen-bond donors (Lipinski definition) is 5. The van der Waals surface area contributed by atoms with Crippen LogP contribution in [0.25, 0.3) is 11.2 Å². The average molecular weight is 495 g/mol. The summed E-state index contributed by atoms with van der Waals surface area (Å²) < 4.78 is 28.1. The highest BCUT2D eigenvalue weighted by Gasteiger charge is 2.50. The number of nitrogens with zero attached hydrogens (tertiary/aromatic N) is 5. The minimum absolute atomic E-state index is 0.0364. The number of hydrogen-bond acceptors (Lipinski definition) is 10. The van der Waals surface area contributed by atoms with E-state index in [9.17, 15) is 29.2 Å². The number of fused-ring (bicyclic) bond motifs is 1. The van der Waals surface area contributed by atoms with Gasteiger partial charge in [0.2, 0.25) is 0 Å². The Morgan fingerprint density at radius 2 is 1.79 bits per heavy atom. The summed E-state index contributed by atoms with van der Waals surface area (Å²) in [5.74, 6) is -0.697. The van der Waals surface area contributed by atoms with Crippen LogP contribution in [0.1, 0.15) is 37.3 Å². The predicted molar refractivity (Wildman–Crippen MR) is 118 cm³/mol. The second-order valence-corrected chi connectivity index (χ2v) is 9.69. The van der Waals surface area contributed by atoms with Gasteiger partial charge in [0.1, 0.15) is 30.5 Å². The van der Waals surface area contributed by atoms with E-state index in [0.29, 0.717) is 23.0 Å². The fourth-order valence-corrected chi connectivity index (χ4v) is 5.00. The van der Waals surface area contributed by atoms with E-state index in [2.05, 4.69) is 25.6 Å². The lowest BCUT2D eigenvalue weighted by molar-refractivity contribution is -0.0413. The third kappa shape index (κ3) is 4.01. The van der Waals surface area contributed by atoms with Gasteiger partial charge in [-0.3, -0.25) is 0 Å². The van der Waals surface area contributed by atoms with Crippen molar-refractivity contribution in [1.82, 2.24) is 25.0 Å². The number of anilines is 1. The largest absolute Gasteiger partial charge is 0.388 e. The Morgan fingerprint density at radius 3 is 2.47 bits per heavy atom. The van der Waals surface area contributed by atoms with E-state index in [1.165, 1.54) is 22.5 Å². The maximum atomic E-state index is 13.7. The molecule has 0 amide bonds. The zero-order valence-electron chi connectivity index (χ0n) is 18.1. The molecule has 1 aromatic carbocycles. The molecule has 5 rings (SSSR count). The molecule has 2 aliphatic carbocycles. The number of nitrogens with one attached hydrogen (secondary N) is 1. The topological polar surface area (TPSA) is 149 Å². The third-order valence-corrected chi connectivity index (χ3v) is 7.31. The molecule has 2 aromatic heterocycles. The van der Waals surface area contributed by atoms with Gasteiger partial charge < -0.3 is 25.7 Å². The molecule has 7 atom stereocenters. The Labute approximate surface area is 197 Å². The summed E-state index contributed by atoms with van der Waals surface area (Å²) in [6, 6.07) is 2.60. The van der Waals surface area contributed by atoms with Gasteiger partial charge in [-0.25, -0.2) is 23.4 Å². The maximum Gasteiger partial charge on any atom is 0.191 e. The van der Waals surface area contributed by atoms with E-state index in [1.807, 2.05) is 6.92 Å². The SMILES string of the molecule is CCCSc1nc(N[C@@H]2C[C@H]2c2ccc(F)c(F)c2)c2nnn(C3[C@@H](O)[C@H](O)[C@@H](O)[C@H]3O)c2n1. The number of benzene rings is 1. The van der Waals surface area contributed by atoms with Gasteiger partial charge >= 0.3 is 0 Å². The highest BCUT2D eigenvalue weighted by molar-refractivity contribution is 7.99. The van der Waals surface area contributed by atoms with Gasteiger partial charge in [-0.1, -0.05) is 30.0 Å². The van der Waals surface area contributed by atoms with Crippen molar-refractivity contribution in [3.8, 4) is 0 Å². The van der Waals surface area contributed by atoms with Crippen molar-refractivity contribution in [1.29, 1.82) is 0 Å². The Bertz CT molecular complexity index is 1200. The van der Waals surface area contributed by atoms with Crippen LogP contribution in [0.2, 0.25) is 0 Å². The molecule has 0 saturated heterocycles. The van der Waals surface area contributed by atoms with Crippen molar-refractivity contribution in [2.24, 2.45) is 0 Å². The molecule has 34 heavy (non-hydrogen) atoms. The summed E-state index contributed by atoms with van der Waals surface area (Å²) in [5.41, 5.74) is 1.18. The quantitative estimate of drug-likeness (QED) is 0.238. The summed E-state index contributed by atoms with van der Waals surface area (Å²) in [7, 11) is 0. The zero-order valence-corrected chi connectivity index (χ0v) is 18.9. The van der Waals surface area contributed by atoms with E-state index >= 15 is 0 Å². The fraction of sp³-hybridized carbons (Fsp3) is 0.524. The molecule has 0 spiro atoms. The van der Waals surface area contributed by atoms with E-state index in [1.54, 1.807) is 6.07 Å². The third-order valence-electron chi connectivity index (χ3n) is 6.25. The zero-order chi connectivity index (χ0) is 24.1. The first-order chi connectivity index (χ1) is 16.3. The molecular weight excluding hydrogens is 470 g/mol. The van der Waals surface area contributed by atoms with Crippen molar-refractivity contribution in [2.75, 3.05) is 11.1 Å². The first-order valence-corrected chi connectivity index (χ1v) is 12.0. The van der Waals surface area contributed by atoms with Crippen LogP contribution in [-0.2, 0) is 0 Å². The van der Waals surface area contributed by atoms with E-state index in [-0.39, 0.29) is 23.1 Å². The van der Waals surface area contributed by atoms with Crippen LogP contribution >= 0.6 is 11.8 Å². The predicted octanol–water partition coefficient (Wildman–Crippen LogP) is 0.968. The lowest BCUT2D eigenvalue weighted by atomic mass is 10.1.